The topological polar surface area (TPSA) is 93.8 Å². The number of carbonyl (C=O) groups excluding carboxylic acids is 3. The number of amides is 4. The number of para-hydroxylation sites is 1. The lowest BCUT2D eigenvalue weighted by molar-refractivity contribution is -0.118. The van der Waals surface area contributed by atoms with E-state index in [2.05, 4.69) is 16.0 Å². The first-order valence-corrected chi connectivity index (χ1v) is 12.7. The number of nitrogens with zero attached hydrogens (tertiary/aromatic N) is 2. The zero-order valence-electron chi connectivity index (χ0n) is 21.8. The maximum absolute atomic E-state index is 13.9. The average Bonchev–Trinajstić information content (AvgIpc) is 2.93. The Labute approximate surface area is 226 Å². The molecule has 1 aliphatic heterocycles. The number of piperazine rings is 1. The van der Waals surface area contributed by atoms with Gasteiger partial charge in [0.2, 0.25) is 5.91 Å². The van der Waals surface area contributed by atoms with Crippen molar-refractivity contribution < 1.29 is 23.2 Å². The van der Waals surface area contributed by atoms with Crippen molar-refractivity contribution in [3.63, 3.8) is 0 Å². The molecule has 8 nitrogen and oxygen atoms in total. The highest BCUT2D eigenvalue weighted by Crippen LogP contribution is 2.27. The number of anilines is 3. The Bertz CT molecular complexity index is 1340. The number of benzene rings is 3. The van der Waals surface area contributed by atoms with Crippen molar-refractivity contribution in [2.45, 2.75) is 20.4 Å². The molecular formula is C29H31F2N5O3. The Hall–Kier alpha value is -4.47. The third kappa shape index (κ3) is 7.10. The van der Waals surface area contributed by atoms with E-state index < -0.39 is 11.8 Å². The predicted molar refractivity (Wildman–Crippen MR) is 147 cm³/mol. The second kappa shape index (κ2) is 12.4. The number of halogens is 2. The minimum Gasteiger partial charge on any atom is -0.367 e. The Morgan fingerprint density at radius 3 is 2.23 bits per heavy atom. The molecule has 1 heterocycles. The maximum atomic E-state index is 13.9. The van der Waals surface area contributed by atoms with Gasteiger partial charge in [0.05, 0.1) is 11.3 Å². The number of rotatable bonds is 7. The van der Waals surface area contributed by atoms with Crippen LogP contribution in [-0.4, -0.2) is 48.9 Å². The molecular weight excluding hydrogens is 504 g/mol. The van der Waals surface area contributed by atoms with Crippen LogP contribution < -0.4 is 20.9 Å². The molecule has 0 spiro atoms. The van der Waals surface area contributed by atoms with Gasteiger partial charge in [-0.1, -0.05) is 38.1 Å². The third-order valence-corrected chi connectivity index (χ3v) is 6.42. The van der Waals surface area contributed by atoms with E-state index in [1.165, 1.54) is 24.3 Å². The van der Waals surface area contributed by atoms with Gasteiger partial charge in [0.15, 0.2) is 0 Å². The van der Waals surface area contributed by atoms with Gasteiger partial charge in [-0.2, -0.15) is 0 Å². The average molecular weight is 536 g/mol. The number of nitrogens with one attached hydrogen (secondary N) is 3. The van der Waals surface area contributed by atoms with Crippen molar-refractivity contribution in [3.8, 4) is 0 Å². The van der Waals surface area contributed by atoms with Crippen molar-refractivity contribution in [2.75, 3.05) is 41.7 Å². The second-order valence-electron chi connectivity index (χ2n) is 9.57. The summed E-state index contributed by atoms with van der Waals surface area (Å²) in [7, 11) is 0. The molecule has 10 heteroatoms. The monoisotopic (exact) mass is 535 g/mol. The van der Waals surface area contributed by atoms with Crippen molar-refractivity contribution >= 4 is 34.9 Å². The molecule has 39 heavy (non-hydrogen) atoms. The molecule has 0 unspecified atom stereocenters. The number of hydrogen-bond donors (Lipinski definition) is 3. The van der Waals surface area contributed by atoms with Crippen LogP contribution in [0.5, 0.6) is 0 Å². The lowest BCUT2D eigenvalue weighted by Gasteiger charge is -2.37. The van der Waals surface area contributed by atoms with Crippen LogP contribution in [0.3, 0.4) is 0 Å². The van der Waals surface area contributed by atoms with Gasteiger partial charge in [-0.25, -0.2) is 13.6 Å². The van der Waals surface area contributed by atoms with Gasteiger partial charge in [0, 0.05) is 50.0 Å². The highest BCUT2D eigenvalue weighted by Gasteiger charge is 2.25. The second-order valence-corrected chi connectivity index (χ2v) is 9.57. The Balaban J connectivity index is 1.48. The molecule has 3 aromatic rings. The standard InChI is InChI=1S/C29H31F2N5O3/c1-19(2)27(37)33-22-11-12-26(23(17-22)28(38)32-18-20-7-9-21(30)10-8-20)35-13-15-36(16-14-35)29(39)34-25-6-4-3-5-24(25)31/h3-12,17,19H,13-16,18H2,1-2H3,(H,32,38)(H,33,37)(H,34,39). The minimum absolute atomic E-state index is 0.115. The van der Waals surface area contributed by atoms with Crippen LogP contribution in [0.4, 0.5) is 30.6 Å². The lowest BCUT2D eigenvalue weighted by atomic mass is 10.1. The number of carbonyl (C=O) groups is 3. The van der Waals surface area contributed by atoms with E-state index in [4.69, 9.17) is 0 Å². The fourth-order valence-corrected chi connectivity index (χ4v) is 4.15. The molecule has 3 N–H and O–H groups in total. The Morgan fingerprint density at radius 2 is 1.56 bits per heavy atom. The zero-order valence-corrected chi connectivity index (χ0v) is 21.8. The molecule has 0 radical (unpaired) electrons. The van der Waals surface area contributed by atoms with Gasteiger partial charge in [0.1, 0.15) is 11.6 Å². The van der Waals surface area contributed by atoms with Crippen LogP contribution in [0.1, 0.15) is 29.8 Å². The molecule has 1 aliphatic rings. The highest BCUT2D eigenvalue weighted by atomic mass is 19.1. The SMILES string of the molecule is CC(C)C(=O)Nc1ccc(N2CCN(C(=O)Nc3ccccc3F)CC2)c(C(=O)NCc2ccc(F)cc2)c1. The fourth-order valence-electron chi connectivity index (χ4n) is 4.15. The van der Waals surface area contributed by atoms with Gasteiger partial charge in [-0.05, 0) is 48.0 Å². The van der Waals surface area contributed by atoms with E-state index in [1.54, 1.807) is 61.2 Å². The van der Waals surface area contributed by atoms with Crippen LogP contribution in [0.15, 0.2) is 66.7 Å². The van der Waals surface area contributed by atoms with Crippen molar-refractivity contribution in [1.29, 1.82) is 0 Å². The van der Waals surface area contributed by atoms with E-state index in [1.807, 2.05) is 4.90 Å². The van der Waals surface area contributed by atoms with Crippen LogP contribution >= 0.6 is 0 Å². The largest absolute Gasteiger partial charge is 0.367 e. The fraction of sp³-hybridized carbons (Fsp3) is 0.276. The smallest absolute Gasteiger partial charge is 0.322 e. The summed E-state index contributed by atoms with van der Waals surface area (Å²) in [4.78, 5) is 41.8. The van der Waals surface area contributed by atoms with E-state index in [-0.39, 0.29) is 35.8 Å². The molecule has 1 fully saturated rings. The summed E-state index contributed by atoms with van der Waals surface area (Å²) in [6, 6.07) is 16.6. The highest BCUT2D eigenvalue weighted by molar-refractivity contribution is 6.02. The van der Waals surface area contributed by atoms with E-state index in [0.29, 0.717) is 43.1 Å². The van der Waals surface area contributed by atoms with Gasteiger partial charge >= 0.3 is 6.03 Å². The summed E-state index contributed by atoms with van der Waals surface area (Å²) in [5.41, 5.74) is 2.37. The molecule has 0 atom stereocenters. The van der Waals surface area contributed by atoms with Crippen LogP contribution in [0, 0.1) is 17.6 Å². The molecule has 0 bridgehead atoms. The van der Waals surface area contributed by atoms with Crippen LogP contribution in [0.25, 0.3) is 0 Å². The van der Waals surface area contributed by atoms with Crippen molar-refractivity contribution in [3.05, 3.63) is 89.5 Å². The molecule has 4 amide bonds. The van der Waals surface area contributed by atoms with Crippen LogP contribution in [0.2, 0.25) is 0 Å². The molecule has 1 saturated heterocycles. The predicted octanol–water partition coefficient (Wildman–Crippen LogP) is 4.84. The van der Waals surface area contributed by atoms with E-state index in [0.717, 1.165) is 5.56 Å². The Kier molecular flexibility index (Phi) is 8.75. The minimum atomic E-state index is -0.509. The van der Waals surface area contributed by atoms with E-state index >= 15 is 0 Å². The summed E-state index contributed by atoms with van der Waals surface area (Å²) >= 11 is 0. The normalized spacial score (nSPS) is 13.3. The first-order chi connectivity index (χ1) is 18.7. The molecule has 204 valence electrons. The third-order valence-electron chi connectivity index (χ3n) is 6.42. The van der Waals surface area contributed by atoms with E-state index in [9.17, 15) is 23.2 Å². The maximum Gasteiger partial charge on any atom is 0.322 e. The number of urea groups is 1. The molecule has 0 saturated carbocycles. The van der Waals surface area contributed by atoms with Crippen molar-refractivity contribution in [1.82, 2.24) is 10.2 Å². The zero-order chi connectivity index (χ0) is 27.9. The van der Waals surface area contributed by atoms with Gasteiger partial charge < -0.3 is 25.8 Å². The summed E-state index contributed by atoms with van der Waals surface area (Å²) < 4.78 is 27.2. The molecule has 3 aromatic carbocycles. The first-order valence-electron chi connectivity index (χ1n) is 12.7. The number of hydrogen-bond acceptors (Lipinski definition) is 4. The van der Waals surface area contributed by atoms with Gasteiger partial charge in [-0.15, -0.1) is 0 Å². The summed E-state index contributed by atoms with van der Waals surface area (Å²) in [5, 5.41) is 8.29. The van der Waals surface area contributed by atoms with Gasteiger partial charge in [0.25, 0.3) is 5.91 Å². The summed E-state index contributed by atoms with van der Waals surface area (Å²) in [6.45, 7) is 5.38. The molecule has 4 rings (SSSR count). The van der Waals surface area contributed by atoms with Gasteiger partial charge in [-0.3, -0.25) is 9.59 Å². The summed E-state index contributed by atoms with van der Waals surface area (Å²) in [6.07, 6.45) is 0. The van der Waals surface area contributed by atoms with Crippen LogP contribution in [-0.2, 0) is 11.3 Å². The quantitative estimate of drug-likeness (QED) is 0.404. The molecule has 0 aromatic heterocycles. The van der Waals surface area contributed by atoms with Crippen molar-refractivity contribution in [2.24, 2.45) is 5.92 Å². The lowest BCUT2D eigenvalue weighted by Crippen LogP contribution is -2.50. The molecule has 0 aliphatic carbocycles. The summed E-state index contributed by atoms with van der Waals surface area (Å²) in [5.74, 6) is -1.62. The first kappa shape index (κ1) is 27.6. The Morgan fingerprint density at radius 1 is 0.872 bits per heavy atom.